The number of carbonyl (C=O) groups excluding carboxylic acids is 1. The standard InChI is InChI=1S/C14H27NO2S/c1-3-10-15-13(14(16)17-4-2)11-18-12-8-6-5-7-9-12/h12-13,15H,3-11H2,1-2H3. The average Bonchev–Trinajstić information content (AvgIpc) is 2.40. The first-order valence-corrected chi connectivity index (χ1v) is 8.34. The van der Waals surface area contributed by atoms with Crippen LogP contribution in [0.3, 0.4) is 0 Å². The van der Waals surface area contributed by atoms with Gasteiger partial charge in [-0.3, -0.25) is 4.79 Å². The van der Waals surface area contributed by atoms with Gasteiger partial charge in [-0.15, -0.1) is 0 Å². The number of esters is 1. The molecule has 106 valence electrons. The molecule has 1 aliphatic rings. The van der Waals surface area contributed by atoms with Crippen LogP contribution in [-0.4, -0.2) is 36.2 Å². The van der Waals surface area contributed by atoms with Gasteiger partial charge in [0.15, 0.2) is 0 Å². The van der Waals surface area contributed by atoms with Crippen molar-refractivity contribution in [2.24, 2.45) is 0 Å². The van der Waals surface area contributed by atoms with Gasteiger partial charge in [0.2, 0.25) is 0 Å². The Morgan fingerprint density at radius 1 is 1.33 bits per heavy atom. The minimum absolute atomic E-state index is 0.0886. The van der Waals surface area contributed by atoms with Crippen LogP contribution in [0.1, 0.15) is 52.4 Å². The summed E-state index contributed by atoms with van der Waals surface area (Å²) in [5, 5.41) is 4.05. The van der Waals surface area contributed by atoms with Crippen molar-refractivity contribution < 1.29 is 9.53 Å². The first-order valence-electron chi connectivity index (χ1n) is 7.29. The Labute approximate surface area is 115 Å². The summed E-state index contributed by atoms with van der Waals surface area (Å²) in [5.41, 5.74) is 0. The van der Waals surface area contributed by atoms with Crippen LogP contribution in [0.25, 0.3) is 0 Å². The Balaban J connectivity index is 2.31. The molecule has 1 aliphatic carbocycles. The Bertz CT molecular complexity index is 230. The topological polar surface area (TPSA) is 38.3 Å². The molecule has 0 amide bonds. The fraction of sp³-hybridized carbons (Fsp3) is 0.929. The predicted molar refractivity (Wildman–Crippen MR) is 78.0 cm³/mol. The molecule has 0 aromatic heterocycles. The van der Waals surface area contributed by atoms with E-state index in [-0.39, 0.29) is 12.0 Å². The lowest BCUT2D eigenvalue weighted by molar-refractivity contribution is -0.144. The summed E-state index contributed by atoms with van der Waals surface area (Å²) >= 11 is 1.95. The van der Waals surface area contributed by atoms with Gasteiger partial charge in [-0.1, -0.05) is 26.2 Å². The van der Waals surface area contributed by atoms with Crippen molar-refractivity contribution in [2.45, 2.75) is 63.7 Å². The Morgan fingerprint density at radius 3 is 2.67 bits per heavy atom. The second-order valence-electron chi connectivity index (χ2n) is 4.85. The molecule has 1 unspecified atom stereocenters. The second kappa shape index (κ2) is 9.68. The molecule has 0 heterocycles. The molecule has 0 aromatic rings. The number of hydrogen-bond acceptors (Lipinski definition) is 4. The fourth-order valence-electron chi connectivity index (χ4n) is 2.24. The molecule has 0 bridgehead atoms. The molecule has 0 saturated heterocycles. The van der Waals surface area contributed by atoms with Crippen LogP contribution in [0.4, 0.5) is 0 Å². The van der Waals surface area contributed by atoms with Crippen LogP contribution < -0.4 is 5.32 Å². The molecule has 0 radical (unpaired) electrons. The van der Waals surface area contributed by atoms with Crippen LogP contribution in [0.5, 0.6) is 0 Å². The first kappa shape index (κ1) is 15.8. The van der Waals surface area contributed by atoms with E-state index in [1.54, 1.807) is 0 Å². The van der Waals surface area contributed by atoms with E-state index >= 15 is 0 Å². The molecule has 0 aliphatic heterocycles. The highest BCUT2D eigenvalue weighted by Gasteiger charge is 2.22. The van der Waals surface area contributed by atoms with E-state index < -0.39 is 0 Å². The normalized spacial score (nSPS) is 18.6. The number of ether oxygens (including phenoxy) is 1. The monoisotopic (exact) mass is 273 g/mol. The van der Waals surface area contributed by atoms with Crippen molar-refractivity contribution in [2.75, 3.05) is 18.9 Å². The third kappa shape index (κ3) is 6.10. The van der Waals surface area contributed by atoms with Gasteiger partial charge in [-0.2, -0.15) is 11.8 Å². The number of thioether (sulfide) groups is 1. The maximum absolute atomic E-state index is 11.8. The minimum atomic E-state index is -0.128. The van der Waals surface area contributed by atoms with E-state index in [1.165, 1.54) is 32.1 Å². The average molecular weight is 273 g/mol. The Kier molecular flexibility index (Phi) is 8.51. The van der Waals surface area contributed by atoms with Crippen molar-refractivity contribution in [1.29, 1.82) is 0 Å². The van der Waals surface area contributed by atoms with Gasteiger partial charge in [-0.05, 0) is 32.7 Å². The van der Waals surface area contributed by atoms with Gasteiger partial charge in [-0.25, -0.2) is 0 Å². The summed E-state index contributed by atoms with van der Waals surface area (Å²) in [6.45, 7) is 5.33. The van der Waals surface area contributed by atoms with Gasteiger partial charge in [0.25, 0.3) is 0 Å². The number of rotatable bonds is 8. The zero-order valence-corrected chi connectivity index (χ0v) is 12.6. The van der Waals surface area contributed by atoms with Crippen molar-refractivity contribution in [3.05, 3.63) is 0 Å². The van der Waals surface area contributed by atoms with Crippen LogP contribution in [0, 0.1) is 0 Å². The smallest absolute Gasteiger partial charge is 0.323 e. The van der Waals surface area contributed by atoms with E-state index in [4.69, 9.17) is 4.74 Å². The fourth-order valence-corrected chi connectivity index (χ4v) is 3.62. The number of nitrogens with one attached hydrogen (secondary N) is 1. The maximum atomic E-state index is 11.8. The van der Waals surface area contributed by atoms with E-state index in [0.717, 1.165) is 24.0 Å². The van der Waals surface area contributed by atoms with E-state index in [0.29, 0.717) is 6.61 Å². The van der Waals surface area contributed by atoms with Gasteiger partial charge in [0.1, 0.15) is 6.04 Å². The van der Waals surface area contributed by atoms with E-state index in [2.05, 4.69) is 12.2 Å². The van der Waals surface area contributed by atoms with Gasteiger partial charge in [0, 0.05) is 11.0 Å². The zero-order chi connectivity index (χ0) is 13.2. The molecular formula is C14H27NO2S. The van der Waals surface area contributed by atoms with Crippen molar-refractivity contribution in [3.8, 4) is 0 Å². The van der Waals surface area contributed by atoms with Crippen LogP contribution >= 0.6 is 11.8 Å². The SMILES string of the molecule is CCCNC(CSC1CCCCC1)C(=O)OCC. The molecule has 0 spiro atoms. The molecule has 1 fully saturated rings. The van der Waals surface area contributed by atoms with Crippen molar-refractivity contribution in [3.63, 3.8) is 0 Å². The molecule has 1 N–H and O–H groups in total. The lowest BCUT2D eigenvalue weighted by atomic mass is 10.0. The molecule has 0 aromatic carbocycles. The maximum Gasteiger partial charge on any atom is 0.323 e. The summed E-state index contributed by atoms with van der Waals surface area (Å²) < 4.78 is 5.13. The molecule has 1 saturated carbocycles. The quantitative estimate of drug-likeness (QED) is 0.690. The zero-order valence-electron chi connectivity index (χ0n) is 11.7. The van der Waals surface area contributed by atoms with Crippen LogP contribution in [-0.2, 0) is 9.53 Å². The Hall–Kier alpha value is -0.220. The van der Waals surface area contributed by atoms with Gasteiger partial charge >= 0.3 is 5.97 Å². The first-order chi connectivity index (χ1) is 8.77. The van der Waals surface area contributed by atoms with E-state index in [1.807, 2.05) is 18.7 Å². The second-order valence-corrected chi connectivity index (χ2v) is 6.19. The lowest BCUT2D eigenvalue weighted by Crippen LogP contribution is -2.41. The van der Waals surface area contributed by atoms with Crippen LogP contribution in [0.2, 0.25) is 0 Å². The third-order valence-corrected chi connectivity index (χ3v) is 4.73. The van der Waals surface area contributed by atoms with Crippen LogP contribution in [0.15, 0.2) is 0 Å². The van der Waals surface area contributed by atoms with Gasteiger partial charge < -0.3 is 10.1 Å². The predicted octanol–water partition coefficient (Wildman–Crippen LogP) is 2.98. The summed E-state index contributed by atoms with van der Waals surface area (Å²) in [6.07, 6.45) is 7.76. The number of carbonyl (C=O) groups is 1. The summed E-state index contributed by atoms with van der Waals surface area (Å²) in [6, 6.07) is -0.128. The molecule has 4 heteroatoms. The molecule has 1 atom stereocenters. The highest BCUT2D eigenvalue weighted by Crippen LogP contribution is 2.28. The molecule has 18 heavy (non-hydrogen) atoms. The minimum Gasteiger partial charge on any atom is -0.465 e. The van der Waals surface area contributed by atoms with Crippen molar-refractivity contribution in [1.82, 2.24) is 5.32 Å². The summed E-state index contributed by atoms with van der Waals surface area (Å²) in [4.78, 5) is 11.8. The van der Waals surface area contributed by atoms with E-state index in [9.17, 15) is 4.79 Å². The third-order valence-electron chi connectivity index (χ3n) is 3.26. The highest BCUT2D eigenvalue weighted by molar-refractivity contribution is 7.99. The lowest BCUT2D eigenvalue weighted by Gasteiger charge is -2.23. The Morgan fingerprint density at radius 2 is 2.06 bits per heavy atom. The highest BCUT2D eigenvalue weighted by atomic mass is 32.2. The molecular weight excluding hydrogens is 246 g/mol. The van der Waals surface area contributed by atoms with Gasteiger partial charge in [0.05, 0.1) is 6.61 Å². The number of hydrogen-bond donors (Lipinski definition) is 1. The molecule has 1 rings (SSSR count). The summed E-state index contributed by atoms with van der Waals surface area (Å²) in [5.74, 6) is 0.762. The molecule has 3 nitrogen and oxygen atoms in total. The van der Waals surface area contributed by atoms with Crippen molar-refractivity contribution >= 4 is 17.7 Å². The summed E-state index contributed by atoms with van der Waals surface area (Å²) in [7, 11) is 0. The largest absolute Gasteiger partial charge is 0.465 e.